The predicted molar refractivity (Wildman–Crippen MR) is 101 cm³/mol. The summed E-state index contributed by atoms with van der Waals surface area (Å²) in [5.74, 6) is -0.157. The van der Waals surface area contributed by atoms with Gasteiger partial charge in [-0.05, 0) is 44.1 Å². The minimum atomic E-state index is -2.45. The molecule has 2 unspecified atom stereocenters. The van der Waals surface area contributed by atoms with E-state index in [0.29, 0.717) is 10.8 Å². The van der Waals surface area contributed by atoms with Gasteiger partial charge in [0.05, 0.1) is 5.02 Å². The van der Waals surface area contributed by atoms with Crippen molar-refractivity contribution in [2.45, 2.75) is 51.2 Å². The number of fused-ring (bicyclic) bond motifs is 1. The number of esters is 1. The van der Waals surface area contributed by atoms with Gasteiger partial charge in [0, 0.05) is 5.39 Å². The van der Waals surface area contributed by atoms with Crippen molar-refractivity contribution >= 4 is 36.5 Å². The van der Waals surface area contributed by atoms with E-state index in [1.807, 2.05) is 30.3 Å². The Morgan fingerprint density at radius 1 is 1.23 bits per heavy atom. The Morgan fingerprint density at radius 2 is 1.96 bits per heavy atom. The molecule has 0 heterocycles. The van der Waals surface area contributed by atoms with Crippen LogP contribution in [0.5, 0.6) is 5.75 Å². The molecule has 0 aromatic heterocycles. The number of rotatable bonds is 5. The highest BCUT2D eigenvalue weighted by molar-refractivity contribution is 7.34. The molecule has 7 heteroatoms. The van der Waals surface area contributed by atoms with E-state index in [2.05, 4.69) is 4.74 Å². The van der Waals surface area contributed by atoms with Crippen molar-refractivity contribution in [3.05, 3.63) is 41.4 Å². The first-order chi connectivity index (χ1) is 12.5. The van der Waals surface area contributed by atoms with Gasteiger partial charge in [0.25, 0.3) is 0 Å². The van der Waals surface area contributed by atoms with E-state index in [4.69, 9.17) is 20.9 Å². The molecule has 2 atom stereocenters. The molecule has 0 spiro atoms. The third-order valence-electron chi connectivity index (χ3n) is 4.44. The number of hydrogen-bond donors (Lipinski definition) is 0. The monoisotopic (exact) mass is 393 g/mol. The maximum atomic E-state index is 12.3. The normalized spacial score (nSPS) is 17.1. The standard InChI is InChI=1S/C19H21ClNO4P/c1-13(19(22)24-15-8-3-2-4-9-15)21-26(23)25-18-16-10-6-5-7-14(16)11-12-17(18)20/h5-7,10-13,15H,2-4,8-9H2,1H3. The van der Waals surface area contributed by atoms with Crippen LogP contribution in [0.4, 0.5) is 0 Å². The van der Waals surface area contributed by atoms with Gasteiger partial charge < -0.3 is 9.63 Å². The number of benzene rings is 2. The summed E-state index contributed by atoms with van der Waals surface area (Å²) >= 11 is 6.19. The van der Waals surface area contributed by atoms with E-state index >= 15 is 0 Å². The number of carbonyl (C=O) groups excluding carboxylic acids is 1. The maximum Gasteiger partial charge on any atom is 0.395 e. The van der Waals surface area contributed by atoms with Gasteiger partial charge in [-0.1, -0.05) is 53.1 Å². The van der Waals surface area contributed by atoms with Crippen molar-refractivity contribution in [3.63, 3.8) is 0 Å². The summed E-state index contributed by atoms with van der Waals surface area (Å²) in [5.41, 5.74) is 0. The molecule has 3 rings (SSSR count). The highest BCUT2D eigenvalue weighted by Gasteiger charge is 2.24. The Morgan fingerprint density at radius 3 is 2.73 bits per heavy atom. The van der Waals surface area contributed by atoms with Crippen LogP contribution in [0.2, 0.25) is 5.02 Å². The second-order valence-electron chi connectivity index (χ2n) is 6.42. The summed E-state index contributed by atoms with van der Waals surface area (Å²) in [4.78, 5) is 24.5. The number of hydrogen-bond acceptors (Lipinski definition) is 5. The maximum absolute atomic E-state index is 12.3. The average molecular weight is 394 g/mol. The third-order valence-corrected chi connectivity index (χ3v) is 5.62. The van der Waals surface area contributed by atoms with Gasteiger partial charge in [-0.25, -0.2) is 4.79 Å². The predicted octanol–water partition coefficient (Wildman–Crippen LogP) is 4.99. The molecule has 2 aromatic rings. The molecule has 0 radical (unpaired) electrons. The van der Waals surface area contributed by atoms with Crippen molar-refractivity contribution in [3.8, 4) is 5.75 Å². The molecule has 1 saturated carbocycles. The summed E-state index contributed by atoms with van der Waals surface area (Å²) in [6.07, 6.45) is 5.03. The molecule has 1 fully saturated rings. The van der Waals surface area contributed by atoms with Crippen LogP contribution in [0.3, 0.4) is 0 Å². The van der Waals surface area contributed by atoms with Gasteiger partial charge in [0.2, 0.25) is 5.75 Å². The molecule has 26 heavy (non-hydrogen) atoms. The van der Waals surface area contributed by atoms with E-state index < -0.39 is 20.2 Å². The lowest BCUT2D eigenvalue weighted by molar-refractivity contribution is -0.170. The van der Waals surface area contributed by atoms with Crippen molar-refractivity contribution < 1.29 is 18.9 Å². The lowest BCUT2D eigenvalue weighted by Crippen LogP contribution is -2.26. The second kappa shape index (κ2) is 8.81. The van der Waals surface area contributed by atoms with Crippen LogP contribution in [0.1, 0.15) is 39.0 Å². The number of halogens is 1. The van der Waals surface area contributed by atoms with Crippen molar-refractivity contribution in [2.75, 3.05) is 0 Å². The van der Waals surface area contributed by atoms with Crippen molar-refractivity contribution in [1.82, 2.24) is 0 Å². The van der Waals surface area contributed by atoms with Crippen molar-refractivity contribution in [2.24, 2.45) is 4.74 Å². The summed E-state index contributed by atoms with van der Waals surface area (Å²) in [5, 5.41) is 2.01. The van der Waals surface area contributed by atoms with Gasteiger partial charge in [-0.15, -0.1) is 0 Å². The highest BCUT2D eigenvalue weighted by Crippen LogP contribution is 2.38. The number of ether oxygens (including phenoxy) is 1. The molecule has 1 aliphatic rings. The Balaban J connectivity index is 1.70. The Kier molecular flexibility index (Phi) is 6.47. The summed E-state index contributed by atoms with van der Waals surface area (Å²) < 4.78 is 14.9. The fraction of sp³-hybridized carbons (Fsp3) is 0.421. The zero-order valence-electron chi connectivity index (χ0n) is 14.6. The van der Waals surface area contributed by atoms with E-state index in [1.54, 1.807) is 13.0 Å². The number of nitrogens with zero attached hydrogens (tertiary/aromatic N) is 1. The van der Waals surface area contributed by atoms with Gasteiger partial charge in [-0.3, -0.25) is 4.52 Å². The van der Waals surface area contributed by atoms with E-state index in [0.717, 1.165) is 36.5 Å². The van der Waals surface area contributed by atoms with Gasteiger partial charge >= 0.3 is 14.1 Å². The van der Waals surface area contributed by atoms with E-state index in [9.17, 15) is 9.69 Å². The second-order valence-corrected chi connectivity index (χ2v) is 7.71. The summed E-state index contributed by atoms with van der Waals surface area (Å²) in [6, 6.07) is 10.2. The van der Waals surface area contributed by atoms with Crippen LogP contribution in [0, 0.1) is 0 Å². The molecule has 5 nitrogen and oxygen atoms in total. The molecule has 0 bridgehead atoms. The lowest BCUT2D eigenvalue weighted by atomic mass is 9.98. The molecular weight excluding hydrogens is 373 g/mol. The largest absolute Gasteiger partial charge is 0.575 e. The fourth-order valence-corrected chi connectivity index (χ4v) is 4.08. The molecule has 0 N–H and O–H groups in total. The summed E-state index contributed by atoms with van der Waals surface area (Å²) in [7, 11) is -2.45. The molecular formula is C19H21ClNO4P. The number of carbonyl (C=O) groups is 1. The SMILES string of the molecule is CC(/N=[P+](\[O-])Oc1c(Cl)ccc2ccccc12)C(=O)OC1CCCCC1. The van der Waals surface area contributed by atoms with Crippen LogP contribution < -0.4 is 9.42 Å². The summed E-state index contributed by atoms with van der Waals surface area (Å²) in [6.45, 7) is 1.56. The van der Waals surface area contributed by atoms with Gasteiger partial charge in [-0.2, -0.15) is 0 Å². The molecule has 138 valence electrons. The lowest BCUT2D eigenvalue weighted by Gasteiger charge is -2.22. The van der Waals surface area contributed by atoms with Crippen LogP contribution >= 0.6 is 19.8 Å². The van der Waals surface area contributed by atoms with E-state index in [-0.39, 0.29) is 6.10 Å². The fourth-order valence-electron chi connectivity index (χ4n) is 3.05. The quantitative estimate of drug-likeness (QED) is 0.529. The topological polar surface area (TPSA) is 71.0 Å². The zero-order valence-corrected chi connectivity index (χ0v) is 16.2. The first-order valence-electron chi connectivity index (χ1n) is 8.78. The highest BCUT2D eigenvalue weighted by atomic mass is 35.5. The van der Waals surface area contributed by atoms with Gasteiger partial charge in [0.15, 0.2) is 6.04 Å². The van der Waals surface area contributed by atoms with Crippen LogP contribution in [0.25, 0.3) is 10.8 Å². The van der Waals surface area contributed by atoms with E-state index in [1.165, 1.54) is 6.42 Å². The molecule has 1 aliphatic carbocycles. The average Bonchev–Trinajstić information content (AvgIpc) is 2.65. The smallest absolute Gasteiger partial charge is 0.395 e. The molecule has 2 aromatic carbocycles. The minimum Gasteiger partial charge on any atom is -0.575 e. The first-order valence-corrected chi connectivity index (χ1v) is 10.3. The van der Waals surface area contributed by atoms with Crippen LogP contribution in [-0.4, -0.2) is 18.1 Å². The third kappa shape index (κ3) is 4.73. The zero-order chi connectivity index (χ0) is 18.5. The van der Waals surface area contributed by atoms with Crippen LogP contribution in [-0.2, 0) is 9.53 Å². The molecule has 0 amide bonds. The Labute approximate surface area is 158 Å². The first kappa shape index (κ1) is 19.1. The van der Waals surface area contributed by atoms with Crippen molar-refractivity contribution in [1.29, 1.82) is 0 Å². The Hall–Kier alpha value is -1.68. The minimum absolute atomic E-state index is 0.0554. The van der Waals surface area contributed by atoms with Crippen LogP contribution in [0.15, 0.2) is 41.1 Å². The van der Waals surface area contributed by atoms with Gasteiger partial charge in [0.1, 0.15) is 6.10 Å². The Bertz CT molecular complexity index is 820. The molecule has 0 saturated heterocycles. The molecule has 0 aliphatic heterocycles.